The maximum atomic E-state index is 8.77. The van der Waals surface area contributed by atoms with Gasteiger partial charge in [-0.25, -0.2) is 0 Å². The van der Waals surface area contributed by atoms with Crippen molar-refractivity contribution in [3.63, 3.8) is 0 Å². The first kappa shape index (κ1) is 14.2. The molecule has 1 aromatic rings. The molecule has 1 aliphatic rings. The van der Waals surface area contributed by atoms with Gasteiger partial charge in [0.1, 0.15) is 5.84 Å². The van der Waals surface area contributed by atoms with E-state index >= 15 is 0 Å². The fraction of sp³-hybridized carbons (Fsp3) is 0.500. The molecule has 2 atom stereocenters. The van der Waals surface area contributed by atoms with Gasteiger partial charge in [-0.05, 0) is 24.2 Å². The van der Waals surface area contributed by atoms with Gasteiger partial charge in [0, 0.05) is 24.3 Å². The minimum atomic E-state index is 0.112. The lowest BCUT2D eigenvalue weighted by Crippen LogP contribution is -2.38. The van der Waals surface area contributed by atoms with Gasteiger partial charge < -0.3 is 16.3 Å². The highest BCUT2D eigenvalue weighted by Crippen LogP contribution is 2.22. The highest BCUT2D eigenvalue weighted by molar-refractivity contribution is 7.99. The van der Waals surface area contributed by atoms with E-state index in [-0.39, 0.29) is 11.9 Å². The zero-order chi connectivity index (χ0) is 13.5. The number of nitrogens with one attached hydrogen (secondary N) is 1. The standard InChI is InChI=1S/C14H21N3OS/c15-14(17-18)9-13(11-5-2-1-3-6-11)16-12-7-4-8-19-10-12/h1-3,5-6,12-13,16,18H,4,7-10H2,(H2,15,17). The Morgan fingerprint density at radius 2 is 2.26 bits per heavy atom. The number of benzene rings is 1. The first-order chi connectivity index (χ1) is 9.29. The summed E-state index contributed by atoms with van der Waals surface area (Å²) < 4.78 is 0. The topological polar surface area (TPSA) is 70.6 Å². The number of hydrogen-bond acceptors (Lipinski definition) is 4. The monoisotopic (exact) mass is 279 g/mol. The van der Waals surface area contributed by atoms with Gasteiger partial charge in [-0.1, -0.05) is 35.5 Å². The Hall–Kier alpha value is -1.20. The van der Waals surface area contributed by atoms with Crippen LogP contribution in [0.5, 0.6) is 0 Å². The van der Waals surface area contributed by atoms with Crippen molar-refractivity contribution in [1.29, 1.82) is 0 Å². The van der Waals surface area contributed by atoms with E-state index in [1.54, 1.807) is 0 Å². The molecule has 1 aliphatic heterocycles. The second kappa shape index (κ2) is 7.40. The second-order valence-corrected chi connectivity index (χ2v) is 5.99. The molecule has 19 heavy (non-hydrogen) atoms. The molecule has 1 heterocycles. The SMILES string of the molecule is N/C(CC(NC1CCCSC1)c1ccccc1)=N/O. The lowest BCUT2D eigenvalue weighted by Gasteiger charge is -2.28. The van der Waals surface area contributed by atoms with Crippen LogP contribution in [0.15, 0.2) is 35.5 Å². The molecule has 104 valence electrons. The van der Waals surface area contributed by atoms with Crippen LogP contribution in [0.3, 0.4) is 0 Å². The number of rotatable bonds is 5. The van der Waals surface area contributed by atoms with Gasteiger partial charge >= 0.3 is 0 Å². The van der Waals surface area contributed by atoms with Crippen LogP contribution in [0.2, 0.25) is 0 Å². The van der Waals surface area contributed by atoms with Crippen LogP contribution in [-0.2, 0) is 0 Å². The minimum Gasteiger partial charge on any atom is -0.409 e. The smallest absolute Gasteiger partial charge is 0.141 e. The summed E-state index contributed by atoms with van der Waals surface area (Å²) >= 11 is 1.99. The molecular formula is C14H21N3OS. The van der Waals surface area contributed by atoms with Crippen molar-refractivity contribution in [2.24, 2.45) is 10.9 Å². The normalized spacial score (nSPS) is 22.1. The Morgan fingerprint density at radius 1 is 1.47 bits per heavy atom. The predicted octanol–water partition coefficient (Wildman–Crippen LogP) is 2.35. The molecule has 1 fully saturated rings. The largest absolute Gasteiger partial charge is 0.409 e. The van der Waals surface area contributed by atoms with Crippen LogP contribution in [0.25, 0.3) is 0 Å². The molecular weight excluding hydrogens is 258 g/mol. The second-order valence-electron chi connectivity index (χ2n) is 4.84. The van der Waals surface area contributed by atoms with E-state index in [2.05, 4.69) is 22.6 Å². The van der Waals surface area contributed by atoms with Crippen molar-refractivity contribution < 1.29 is 5.21 Å². The van der Waals surface area contributed by atoms with Crippen LogP contribution >= 0.6 is 11.8 Å². The number of amidine groups is 1. The summed E-state index contributed by atoms with van der Waals surface area (Å²) in [6.07, 6.45) is 2.99. The lowest BCUT2D eigenvalue weighted by molar-refractivity contribution is 0.315. The highest BCUT2D eigenvalue weighted by Gasteiger charge is 2.20. The molecule has 4 nitrogen and oxygen atoms in total. The van der Waals surface area contributed by atoms with Crippen LogP contribution in [0.1, 0.15) is 30.9 Å². The summed E-state index contributed by atoms with van der Waals surface area (Å²) in [6, 6.07) is 10.8. The van der Waals surface area contributed by atoms with Crippen LogP contribution in [0, 0.1) is 0 Å². The number of nitrogens with two attached hydrogens (primary N) is 1. The van der Waals surface area contributed by atoms with Gasteiger partial charge in [-0.2, -0.15) is 11.8 Å². The molecule has 2 rings (SSSR count). The van der Waals surface area contributed by atoms with Gasteiger partial charge in [0.15, 0.2) is 0 Å². The molecule has 0 aromatic heterocycles. The Kier molecular flexibility index (Phi) is 5.54. The summed E-state index contributed by atoms with van der Waals surface area (Å²) in [4.78, 5) is 0. The molecule has 2 unspecified atom stereocenters. The first-order valence-electron chi connectivity index (χ1n) is 6.64. The fourth-order valence-corrected chi connectivity index (χ4v) is 3.45. The molecule has 0 spiro atoms. The van der Waals surface area contributed by atoms with Crippen LogP contribution < -0.4 is 11.1 Å². The molecule has 4 N–H and O–H groups in total. The maximum absolute atomic E-state index is 8.77. The number of thioether (sulfide) groups is 1. The molecule has 5 heteroatoms. The number of hydrogen-bond donors (Lipinski definition) is 3. The van der Waals surface area contributed by atoms with E-state index in [4.69, 9.17) is 10.9 Å². The van der Waals surface area contributed by atoms with E-state index in [0.29, 0.717) is 12.5 Å². The van der Waals surface area contributed by atoms with Crippen molar-refractivity contribution in [3.05, 3.63) is 35.9 Å². The third-order valence-corrected chi connectivity index (χ3v) is 4.56. The van der Waals surface area contributed by atoms with Crippen LogP contribution in [-0.4, -0.2) is 28.6 Å². The summed E-state index contributed by atoms with van der Waals surface area (Å²) in [6.45, 7) is 0. The number of oxime groups is 1. The Morgan fingerprint density at radius 3 is 2.89 bits per heavy atom. The minimum absolute atomic E-state index is 0.112. The molecule has 0 amide bonds. The maximum Gasteiger partial charge on any atom is 0.141 e. The van der Waals surface area contributed by atoms with Crippen molar-refractivity contribution in [2.75, 3.05) is 11.5 Å². The van der Waals surface area contributed by atoms with Gasteiger partial charge in [0.25, 0.3) is 0 Å². The van der Waals surface area contributed by atoms with E-state index in [1.165, 1.54) is 24.2 Å². The van der Waals surface area contributed by atoms with Crippen molar-refractivity contribution in [2.45, 2.75) is 31.3 Å². The van der Waals surface area contributed by atoms with E-state index in [0.717, 1.165) is 5.75 Å². The number of nitrogens with zero attached hydrogens (tertiary/aromatic N) is 1. The van der Waals surface area contributed by atoms with E-state index < -0.39 is 0 Å². The van der Waals surface area contributed by atoms with Gasteiger partial charge in [0.2, 0.25) is 0 Å². The third kappa shape index (κ3) is 4.44. The summed E-state index contributed by atoms with van der Waals surface area (Å²) in [7, 11) is 0. The summed E-state index contributed by atoms with van der Waals surface area (Å²) in [5, 5.41) is 15.5. The van der Waals surface area contributed by atoms with Gasteiger partial charge in [-0.3, -0.25) is 0 Å². The van der Waals surface area contributed by atoms with Crippen molar-refractivity contribution >= 4 is 17.6 Å². The predicted molar refractivity (Wildman–Crippen MR) is 80.7 cm³/mol. The first-order valence-corrected chi connectivity index (χ1v) is 7.80. The van der Waals surface area contributed by atoms with Crippen molar-refractivity contribution in [3.8, 4) is 0 Å². The Labute approximate surface area is 118 Å². The molecule has 0 aliphatic carbocycles. The summed E-state index contributed by atoms with van der Waals surface area (Å²) in [5.74, 6) is 2.67. The highest BCUT2D eigenvalue weighted by atomic mass is 32.2. The molecule has 1 saturated heterocycles. The summed E-state index contributed by atoms with van der Waals surface area (Å²) in [5.41, 5.74) is 6.86. The fourth-order valence-electron chi connectivity index (χ4n) is 2.36. The van der Waals surface area contributed by atoms with E-state index in [1.807, 2.05) is 30.0 Å². The Balaban J connectivity index is 2.05. The Bertz CT molecular complexity index is 404. The molecule has 0 radical (unpaired) electrons. The molecule has 0 saturated carbocycles. The average molecular weight is 279 g/mol. The van der Waals surface area contributed by atoms with Crippen molar-refractivity contribution in [1.82, 2.24) is 5.32 Å². The zero-order valence-corrected chi connectivity index (χ0v) is 11.8. The average Bonchev–Trinajstić information content (AvgIpc) is 2.48. The third-order valence-electron chi connectivity index (χ3n) is 3.34. The van der Waals surface area contributed by atoms with Gasteiger partial charge in [0.05, 0.1) is 0 Å². The van der Waals surface area contributed by atoms with Gasteiger partial charge in [-0.15, -0.1) is 0 Å². The quantitative estimate of drug-likeness (QED) is 0.335. The molecule has 1 aromatic carbocycles. The molecule has 0 bridgehead atoms. The van der Waals surface area contributed by atoms with E-state index in [9.17, 15) is 0 Å². The lowest BCUT2D eigenvalue weighted by atomic mass is 10.0. The van der Waals surface area contributed by atoms with Crippen LogP contribution in [0.4, 0.5) is 0 Å². The zero-order valence-electron chi connectivity index (χ0n) is 11.0.